The predicted octanol–water partition coefficient (Wildman–Crippen LogP) is 6.27. The average molecular weight is 569 g/mol. The van der Waals surface area contributed by atoms with Crippen LogP contribution >= 0.6 is 22.6 Å². The van der Waals surface area contributed by atoms with Crippen molar-refractivity contribution in [3.63, 3.8) is 0 Å². The van der Waals surface area contributed by atoms with Gasteiger partial charge in [0, 0.05) is 27.5 Å². The first-order valence-electron chi connectivity index (χ1n) is 10.8. The Morgan fingerprint density at radius 1 is 0.941 bits per heavy atom. The van der Waals surface area contributed by atoms with E-state index in [1.165, 1.54) is 0 Å². The van der Waals surface area contributed by atoms with E-state index in [9.17, 15) is 15.0 Å². The van der Waals surface area contributed by atoms with Gasteiger partial charge in [-0.25, -0.2) is 4.79 Å². The van der Waals surface area contributed by atoms with Gasteiger partial charge in [-0.2, -0.15) is 0 Å². The number of hydrogen-bond acceptors (Lipinski definition) is 5. The first-order chi connectivity index (χ1) is 16.5. The van der Waals surface area contributed by atoms with Gasteiger partial charge in [-0.05, 0) is 64.4 Å². The van der Waals surface area contributed by atoms with E-state index in [1.54, 1.807) is 36.4 Å². The molecule has 3 N–H and O–H groups in total. The highest BCUT2D eigenvalue weighted by Crippen LogP contribution is 2.35. The number of phenolic OH excluding ortho intramolecular Hbond substituents is 1. The van der Waals surface area contributed by atoms with E-state index in [0.29, 0.717) is 17.0 Å². The third kappa shape index (κ3) is 5.78. The Morgan fingerprint density at radius 3 is 2.47 bits per heavy atom. The minimum atomic E-state index is -0.975. The van der Waals surface area contributed by atoms with Crippen LogP contribution in [-0.2, 0) is 4.74 Å². The molecule has 4 aromatic rings. The smallest absolute Gasteiger partial charge is 0.412 e. The molecule has 4 aromatic carbocycles. The van der Waals surface area contributed by atoms with Crippen LogP contribution in [0.1, 0.15) is 18.1 Å². The fourth-order valence-corrected chi connectivity index (χ4v) is 4.27. The molecular formula is C27H24INO5. The second-order valence-electron chi connectivity index (χ2n) is 7.66. The molecule has 1 amide bonds. The van der Waals surface area contributed by atoms with Crippen LogP contribution in [0.2, 0.25) is 0 Å². The summed E-state index contributed by atoms with van der Waals surface area (Å²) < 4.78 is 12.8. The Hall–Kier alpha value is -3.30. The molecule has 0 radical (unpaired) electrons. The summed E-state index contributed by atoms with van der Waals surface area (Å²) in [6.07, 6.45) is -2.22. The Labute approximate surface area is 211 Å². The zero-order valence-corrected chi connectivity index (χ0v) is 20.4. The number of phenols is 1. The number of hydrogen-bond donors (Lipinski definition) is 3. The van der Waals surface area contributed by atoms with Crippen molar-refractivity contribution < 1.29 is 24.5 Å². The maximum Gasteiger partial charge on any atom is 0.412 e. The first kappa shape index (κ1) is 23.8. The summed E-state index contributed by atoms with van der Waals surface area (Å²) >= 11 is 2.13. The van der Waals surface area contributed by atoms with Crippen LogP contribution < -0.4 is 10.1 Å². The molecule has 0 heterocycles. The van der Waals surface area contributed by atoms with E-state index in [2.05, 4.69) is 27.9 Å². The summed E-state index contributed by atoms with van der Waals surface area (Å²) in [5.41, 5.74) is 1.01. The van der Waals surface area contributed by atoms with Crippen LogP contribution in [0.25, 0.3) is 10.8 Å². The molecule has 6 nitrogen and oxygen atoms in total. The van der Waals surface area contributed by atoms with Crippen LogP contribution in [0.5, 0.6) is 11.5 Å². The summed E-state index contributed by atoms with van der Waals surface area (Å²) in [5.74, 6) is 0.539. The molecule has 0 bridgehead atoms. The summed E-state index contributed by atoms with van der Waals surface area (Å²) in [7, 11) is 0. The molecule has 0 aromatic heterocycles. The highest BCUT2D eigenvalue weighted by molar-refractivity contribution is 14.1. The van der Waals surface area contributed by atoms with Gasteiger partial charge >= 0.3 is 6.09 Å². The summed E-state index contributed by atoms with van der Waals surface area (Å²) in [5, 5.41) is 25.0. The van der Waals surface area contributed by atoms with Gasteiger partial charge in [0.25, 0.3) is 0 Å². The maximum atomic E-state index is 13.1. The Kier molecular flexibility index (Phi) is 7.87. The third-order valence-electron chi connectivity index (χ3n) is 5.34. The molecule has 174 valence electrons. The Morgan fingerprint density at radius 2 is 1.68 bits per heavy atom. The van der Waals surface area contributed by atoms with Crippen LogP contribution in [0, 0.1) is 3.57 Å². The monoisotopic (exact) mass is 569 g/mol. The van der Waals surface area contributed by atoms with Crippen LogP contribution in [0.4, 0.5) is 10.5 Å². The van der Waals surface area contributed by atoms with E-state index in [-0.39, 0.29) is 18.8 Å². The molecule has 0 aliphatic carbocycles. The van der Waals surface area contributed by atoms with Gasteiger partial charge in [0.1, 0.15) is 17.6 Å². The number of carbonyl (C=O) groups is 1. The summed E-state index contributed by atoms with van der Waals surface area (Å²) in [4.78, 5) is 13.1. The number of fused-ring (bicyclic) bond motifs is 1. The van der Waals surface area contributed by atoms with E-state index < -0.39 is 18.3 Å². The van der Waals surface area contributed by atoms with Crippen molar-refractivity contribution in [2.75, 3.05) is 11.9 Å². The van der Waals surface area contributed by atoms with Gasteiger partial charge in [0.2, 0.25) is 0 Å². The number of ether oxygens (including phenoxy) is 2. The highest BCUT2D eigenvalue weighted by Gasteiger charge is 2.31. The number of amides is 1. The van der Waals surface area contributed by atoms with Gasteiger partial charge in [-0.15, -0.1) is 0 Å². The summed E-state index contributed by atoms with van der Waals surface area (Å²) in [6, 6.07) is 27.5. The number of carbonyl (C=O) groups excluding carboxylic acids is 1. The SMILES string of the molecule is O=C(Nc1cccc2ccccc12)O[C@@H](c1cc(I)ccc1O)[C@H](CCO)Oc1ccccc1. The average Bonchev–Trinajstić information content (AvgIpc) is 2.85. The number of aromatic hydroxyl groups is 1. The molecular weight excluding hydrogens is 545 g/mol. The van der Waals surface area contributed by atoms with Crippen LogP contribution in [0.3, 0.4) is 0 Å². The Bertz CT molecular complexity index is 1260. The molecule has 2 atom stereocenters. The fraction of sp³-hybridized carbons (Fsp3) is 0.148. The first-order valence-corrected chi connectivity index (χ1v) is 11.9. The number of para-hydroxylation sites is 1. The van der Waals surface area contributed by atoms with Gasteiger partial charge in [-0.1, -0.05) is 54.6 Å². The quantitative estimate of drug-likeness (QED) is 0.218. The second kappa shape index (κ2) is 11.2. The lowest BCUT2D eigenvalue weighted by molar-refractivity contribution is 0.00798. The molecule has 0 saturated heterocycles. The molecule has 34 heavy (non-hydrogen) atoms. The lowest BCUT2D eigenvalue weighted by Crippen LogP contribution is -2.32. The predicted molar refractivity (Wildman–Crippen MR) is 140 cm³/mol. The number of nitrogens with one attached hydrogen (secondary N) is 1. The molecule has 0 spiro atoms. The van der Waals surface area contributed by atoms with E-state index >= 15 is 0 Å². The van der Waals surface area contributed by atoms with Gasteiger partial charge in [0.05, 0.1) is 5.69 Å². The van der Waals surface area contributed by atoms with Crippen LogP contribution in [-0.4, -0.2) is 29.0 Å². The molecule has 0 saturated carbocycles. The fourth-order valence-electron chi connectivity index (χ4n) is 3.76. The highest BCUT2D eigenvalue weighted by atomic mass is 127. The van der Waals surface area contributed by atoms with Crippen molar-refractivity contribution in [2.24, 2.45) is 0 Å². The number of anilines is 1. The van der Waals surface area contributed by atoms with Crippen molar-refractivity contribution >= 4 is 45.1 Å². The van der Waals surface area contributed by atoms with Crippen molar-refractivity contribution in [3.8, 4) is 11.5 Å². The van der Waals surface area contributed by atoms with E-state index in [4.69, 9.17) is 9.47 Å². The van der Waals surface area contributed by atoms with E-state index in [0.717, 1.165) is 14.3 Å². The second-order valence-corrected chi connectivity index (χ2v) is 8.91. The topological polar surface area (TPSA) is 88.0 Å². The number of halogens is 1. The molecule has 0 fully saturated rings. The maximum absolute atomic E-state index is 13.1. The zero-order valence-electron chi connectivity index (χ0n) is 18.2. The zero-order chi connectivity index (χ0) is 23.9. The largest absolute Gasteiger partial charge is 0.508 e. The van der Waals surface area contributed by atoms with Crippen molar-refractivity contribution in [1.29, 1.82) is 0 Å². The van der Waals surface area contributed by atoms with Gasteiger partial charge in [-0.3, -0.25) is 5.32 Å². The molecule has 0 aliphatic heterocycles. The molecule has 4 rings (SSSR count). The van der Waals surface area contributed by atoms with E-state index in [1.807, 2.05) is 54.6 Å². The molecule has 0 unspecified atom stereocenters. The molecule has 7 heteroatoms. The number of aliphatic hydroxyl groups is 1. The Balaban J connectivity index is 1.65. The number of rotatable bonds is 8. The standard InChI is InChI=1S/C27H24INO5/c28-19-13-14-24(31)22(17-19)26(25(15-16-30)33-20-9-2-1-3-10-20)34-27(32)29-23-12-6-8-18-7-4-5-11-21(18)23/h1-14,17,25-26,30-31H,15-16H2,(H,29,32)/t25-,26-/m0/s1. The van der Waals surface area contributed by atoms with Crippen molar-refractivity contribution in [2.45, 2.75) is 18.6 Å². The van der Waals surface area contributed by atoms with Crippen LogP contribution in [0.15, 0.2) is 91.0 Å². The molecule has 0 aliphatic rings. The number of benzene rings is 4. The number of aliphatic hydroxyl groups excluding tert-OH is 1. The lowest BCUT2D eigenvalue weighted by atomic mass is 10.0. The lowest BCUT2D eigenvalue weighted by Gasteiger charge is -2.28. The third-order valence-corrected chi connectivity index (χ3v) is 6.01. The van der Waals surface area contributed by atoms with Gasteiger partial charge < -0.3 is 19.7 Å². The normalized spacial score (nSPS) is 12.6. The summed E-state index contributed by atoms with van der Waals surface area (Å²) in [6.45, 7) is -0.188. The van der Waals surface area contributed by atoms with Crippen molar-refractivity contribution in [1.82, 2.24) is 0 Å². The minimum absolute atomic E-state index is 0.0250. The minimum Gasteiger partial charge on any atom is -0.508 e. The van der Waals surface area contributed by atoms with Crippen molar-refractivity contribution in [3.05, 3.63) is 100 Å². The van der Waals surface area contributed by atoms with Gasteiger partial charge in [0.15, 0.2) is 6.10 Å².